The van der Waals surface area contributed by atoms with E-state index in [0.29, 0.717) is 38.6 Å². The lowest BCUT2D eigenvalue weighted by molar-refractivity contribution is -0.149. The Morgan fingerprint density at radius 1 is 0.712 bits per heavy atom. The van der Waals surface area contributed by atoms with Crippen LogP contribution < -0.4 is 10.6 Å². The molecule has 324 valence electrons. The summed E-state index contributed by atoms with van der Waals surface area (Å²) in [7, 11) is -2.53. The van der Waals surface area contributed by atoms with Crippen molar-refractivity contribution >= 4 is 24.9 Å². The van der Waals surface area contributed by atoms with Gasteiger partial charge >= 0.3 is 5.97 Å². The number of likely N-dealkylation sites (N-methyl/N-ethyl adjacent to an activating group) is 2. The van der Waals surface area contributed by atoms with E-state index in [0.717, 1.165) is 87.5 Å². The molecule has 0 bridgehead atoms. The van der Waals surface area contributed by atoms with E-state index < -0.39 is 19.2 Å². The van der Waals surface area contributed by atoms with Gasteiger partial charge in [-0.3, -0.25) is 14.5 Å². The first-order chi connectivity index (χ1) is 28.4. The highest BCUT2D eigenvalue weighted by Gasteiger charge is 2.32. The number of esters is 1. The molecule has 2 atom stereocenters. The molecule has 10 nitrogen and oxygen atoms in total. The third-order valence-electron chi connectivity index (χ3n) is 12.1. The fourth-order valence-electron chi connectivity index (χ4n) is 8.16. The Morgan fingerprint density at radius 3 is 1.80 bits per heavy atom. The minimum absolute atomic E-state index is 0.00981. The molecule has 0 saturated heterocycles. The molecule has 11 heteroatoms. The van der Waals surface area contributed by atoms with Crippen molar-refractivity contribution < 1.29 is 23.7 Å². The molecule has 1 aliphatic rings. The molecule has 2 N–H and O–H groups in total. The predicted octanol–water partition coefficient (Wildman–Crippen LogP) is 7.76. The normalized spacial score (nSPS) is 16.8. The Kier molecular flexibility index (Phi) is 20.3. The lowest BCUT2D eigenvalue weighted by Gasteiger charge is -2.37. The van der Waals surface area contributed by atoms with E-state index in [1.54, 1.807) is 0 Å². The largest absolute Gasteiger partial charge is 0.459 e. The second-order valence-electron chi connectivity index (χ2n) is 16.5. The zero-order valence-corrected chi connectivity index (χ0v) is 37.6. The Bertz CT molecular complexity index is 1710. The molecule has 2 amide bonds. The maximum absolute atomic E-state index is 13.7. The molecule has 4 rings (SSSR count). The minimum Gasteiger partial charge on any atom is -0.459 e. The van der Waals surface area contributed by atoms with Crippen LogP contribution in [0.15, 0.2) is 84.9 Å². The second kappa shape index (κ2) is 25.1. The van der Waals surface area contributed by atoms with Crippen molar-refractivity contribution in [1.29, 1.82) is 0 Å². The molecule has 59 heavy (non-hydrogen) atoms. The van der Waals surface area contributed by atoms with E-state index in [9.17, 15) is 18.9 Å². The number of rotatable bonds is 25. The van der Waals surface area contributed by atoms with Gasteiger partial charge < -0.3 is 29.7 Å². The summed E-state index contributed by atoms with van der Waals surface area (Å²) in [6.45, 7) is 20.5. The summed E-state index contributed by atoms with van der Waals surface area (Å²) in [6.07, 6.45) is 4.22. The Morgan fingerprint density at radius 2 is 1.25 bits per heavy atom. The first kappa shape index (κ1) is 47.9. The average Bonchev–Trinajstić information content (AvgIpc) is 3.25. The summed E-state index contributed by atoms with van der Waals surface area (Å²) in [5.74, 6) is -0.681. The van der Waals surface area contributed by atoms with Gasteiger partial charge in [-0.2, -0.15) is 0 Å². The van der Waals surface area contributed by atoms with Crippen molar-refractivity contribution in [1.82, 2.24) is 25.3 Å². The third kappa shape index (κ3) is 16.3. The van der Waals surface area contributed by atoms with E-state index in [1.807, 2.05) is 86.1 Å². The molecule has 0 radical (unpaired) electrons. The van der Waals surface area contributed by atoms with Gasteiger partial charge in [-0.15, -0.1) is 0 Å². The molecular formula is C48H72N5O5P. The number of ether oxygens (including phenoxy) is 1. The number of nitrogens with zero attached hydrogens (tertiary/aromatic N) is 3. The van der Waals surface area contributed by atoms with Crippen LogP contribution >= 0.6 is 7.14 Å². The van der Waals surface area contributed by atoms with Crippen LogP contribution in [0.5, 0.6) is 0 Å². The van der Waals surface area contributed by atoms with Crippen molar-refractivity contribution in [3.63, 3.8) is 0 Å². The molecule has 1 fully saturated rings. The number of nitrogens with one attached hydrogen (secondary N) is 2. The van der Waals surface area contributed by atoms with Gasteiger partial charge in [-0.1, -0.05) is 113 Å². The molecule has 3 aromatic rings. The summed E-state index contributed by atoms with van der Waals surface area (Å²) in [6, 6.07) is 27.0. The number of carbonyl (C=O) groups excluding carboxylic acids is 3. The summed E-state index contributed by atoms with van der Waals surface area (Å²) in [4.78, 5) is 47.6. The van der Waals surface area contributed by atoms with Crippen molar-refractivity contribution in [3.05, 3.63) is 96.1 Å². The predicted molar refractivity (Wildman–Crippen MR) is 242 cm³/mol. The maximum atomic E-state index is 13.7. The molecule has 0 aromatic heterocycles. The zero-order chi connectivity index (χ0) is 42.6. The average molecular weight is 830 g/mol. The Hall–Kier alpha value is -3.82. The standard InChI is InChI=1S/C48H72N5O5P/c1-7-51(8-2)31-33-53(34-32-52(9-3)10-4)46(59(5,6)57)30-29-45(54)49-36-39-23-27-43(28-24-39)47(55)50-44(48(56)58-37-40-17-13-11-14-18-40)35-38-21-25-42(26-22-38)41-19-15-12-16-20-41/h11-22,25-26,39,43-44,46H,7-10,23-24,27-37H2,1-6H3,(H,49,54)(H,50,55). The van der Waals surface area contributed by atoms with Gasteiger partial charge in [0.25, 0.3) is 0 Å². The van der Waals surface area contributed by atoms with E-state index in [4.69, 9.17) is 4.74 Å². The summed E-state index contributed by atoms with van der Waals surface area (Å²) >= 11 is 0. The van der Waals surface area contributed by atoms with Crippen LogP contribution in [0.25, 0.3) is 11.1 Å². The smallest absolute Gasteiger partial charge is 0.329 e. The first-order valence-corrected chi connectivity index (χ1v) is 24.8. The fourth-order valence-corrected chi connectivity index (χ4v) is 9.93. The van der Waals surface area contributed by atoms with Crippen LogP contribution in [-0.4, -0.2) is 117 Å². The topological polar surface area (TPSA) is 111 Å². The third-order valence-corrected chi connectivity index (χ3v) is 14.1. The Labute approximate surface area is 355 Å². The zero-order valence-electron chi connectivity index (χ0n) is 36.7. The van der Waals surface area contributed by atoms with Crippen molar-refractivity contribution in [2.45, 2.75) is 91.1 Å². The van der Waals surface area contributed by atoms with Gasteiger partial charge in [-0.25, -0.2) is 4.79 Å². The van der Waals surface area contributed by atoms with E-state index in [1.165, 1.54) is 0 Å². The second-order valence-corrected chi connectivity index (χ2v) is 20.0. The highest BCUT2D eigenvalue weighted by atomic mass is 31.2. The number of hydrogen-bond donors (Lipinski definition) is 2. The number of benzene rings is 3. The first-order valence-electron chi connectivity index (χ1n) is 22.1. The van der Waals surface area contributed by atoms with Crippen molar-refractivity contribution in [3.8, 4) is 11.1 Å². The van der Waals surface area contributed by atoms with Crippen LogP contribution in [0.4, 0.5) is 0 Å². The van der Waals surface area contributed by atoms with Crippen LogP contribution in [0.3, 0.4) is 0 Å². The molecule has 0 spiro atoms. The van der Waals surface area contributed by atoms with E-state index >= 15 is 0 Å². The van der Waals surface area contributed by atoms with Crippen molar-refractivity contribution in [2.24, 2.45) is 11.8 Å². The summed E-state index contributed by atoms with van der Waals surface area (Å²) in [5.41, 5.74) is 4.02. The van der Waals surface area contributed by atoms with Gasteiger partial charge in [0.15, 0.2) is 0 Å². The van der Waals surface area contributed by atoms with E-state index in [-0.39, 0.29) is 36.0 Å². The maximum Gasteiger partial charge on any atom is 0.329 e. The lowest BCUT2D eigenvalue weighted by atomic mass is 9.81. The highest BCUT2D eigenvalue weighted by molar-refractivity contribution is 7.63. The number of carbonyl (C=O) groups is 3. The highest BCUT2D eigenvalue weighted by Crippen LogP contribution is 2.46. The monoisotopic (exact) mass is 830 g/mol. The number of hydrogen-bond acceptors (Lipinski definition) is 8. The SMILES string of the molecule is CCN(CC)CCN(CCN(CC)CC)C(CCC(=O)NCC1CCC(C(=O)NC(Cc2ccc(-c3ccccc3)cc2)C(=O)OCc2ccccc2)CC1)P(C)(C)=O. The van der Waals surface area contributed by atoms with Crippen LogP contribution in [0, 0.1) is 11.8 Å². The van der Waals surface area contributed by atoms with Gasteiger partial charge in [0.1, 0.15) is 12.6 Å². The van der Waals surface area contributed by atoms with Gasteiger partial charge in [0, 0.05) is 51.5 Å². The molecule has 1 aliphatic carbocycles. The quantitative estimate of drug-likeness (QED) is 0.0659. The molecule has 0 aliphatic heterocycles. The van der Waals surface area contributed by atoms with Gasteiger partial charge in [0.2, 0.25) is 11.8 Å². The fraction of sp³-hybridized carbons (Fsp3) is 0.562. The van der Waals surface area contributed by atoms with Gasteiger partial charge in [0.05, 0.1) is 12.9 Å². The van der Waals surface area contributed by atoms with Gasteiger partial charge in [-0.05, 0) is 99.8 Å². The molecular weight excluding hydrogens is 758 g/mol. The molecule has 0 heterocycles. The van der Waals surface area contributed by atoms with Crippen LogP contribution in [0.2, 0.25) is 0 Å². The molecule has 2 unspecified atom stereocenters. The van der Waals surface area contributed by atoms with Crippen LogP contribution in [0.1, 0.15) is 77.3 Å². The summed E-state index contributed by atoms with van der Waals surface area (Å²) < 4.78 is 19.4. The molecule has 3 aromatic carbocycles. The minimum atomic E-state index is -2.53. The summed E-state index contributed by atoms with van der Waals surface area (Å²) in [5, 5.41) is 6.23. The number of amides is 2. The van der Waals surface area contributed by atoms with Crippen molar-refractivity contribution in [2.75, 3.05) is 72.2 Å². The lowest BCUT2D eigenvalue weighted by Crippen LogP contribution is -2.46. The van der Waals surface area contributed by atoms with E-state index in [2.05, 4.69) is 65.2 Å². The van der Waals surface area contributed by atoms with Crippen LogP contribution in [-0.2, 0) is 36.7 Å². The molecule has 1 saturated carbocycles. The Balaban J connectivity index is 1.29.